The fourth-order valence-corrected chi connectivity index (χ4v) is 2.19. The molecule has 3 aromatic rings. The molecule has 0 amide bonds. The molecule has 0 aliphatic carbocycles. The van der Waals surface area contributed by atoms with Crippen molar-refractivity contribution in [3.05, 3.63) is 46.4 Å². The van der Waals surface area contributed by atoms with Crippen molar-refractivity contribution in [2.45, 2.75) is 0 Å². The van der Waals surface area contributed by atoms with E-state index in [2.05, 4.69) is 30.9 Å². The maximum atomic E-state index is 5.78. The summed E-state index contributed by atoms with van der Waals surface area (Å²) in [5.41, 5.74) is 2.94. The van der Waals surface area contributed by atoms with Crippen LogP contribution < -0.4 is 0 Å². The Morgan fingerprint density at radius 1 is 1.18 bits per heavy atom. The van der Waals surface area contributed by atoms with E-state index in [0.29, 0.717) is 5.15 Å². The number of H-pyrrole nitrogens is 1. The van der Waals surface area contributed by atoms with Gasteiger partial charge in [-0.3, -0.25) is 0 Å². The van der Waals surface area contributed by atoms with E-state index in [1.54, 1.807) is 18.5 Å². The molecule has 0 spiro atoms. The number of hydrogen-bond acceptors (Lipinski definition) is 2. The average molecular weight is 309 g/mol. The number of nitrogens with zero attached hydrogens (tertiary/aromatic N) is 2. The second-order valence-corrected chi connectivity index (χ2v) is 4.92. The van der Waals surface area contributed by atoms with Crippen LogP contribution in [0, 0.1) is 0 Å². The number of rotatable bonds is 1. The molecule has 0 unspecified atom stereocenters. The molecule has 3 rings (SSSR count). The van der Waals surface area contributed by atoms with Crippen LogP contribution in [0.15, 0.2) is 41.3 Å². The van der Waals surface area contributed by atoms with E-state index in [9.17, 15) is 0 Å². The van der Waals surface area contributed by atoms with Crippen molar-refractivity contribution in [3.8, 4) is 11.1 Å². The lowest BCUT2D eigenvalue weighted by atomic mass is 10.1. The lowest BCUT2D eigenvalue weighted by Crippen LogP contribution is -1.80. The lowest BCUT2D eigenvalue weighted by Gasteiger charge is -1.99. The molecule has 5 heteroatoms. The monoisotopic (exact) mass is 307 g/mol. The highest BCUT2D eigenvalue weighted by Gasteiger charge is 2.07. The summed E-state index contributed by atoms with van der Waals surface area (Å²) in [6.45, 7) is 0. The number of aromatic amines is 1. The molecule has 3 nitrogen and oxygen atoms in total. The fourth-order valence-electron chi connectivity index (χ4n) is 1.75. The van der Waals surface area contributed by atoms with E-state index in [1.165, 1.54) is 0 Å². The number of nitrogens with one attached hydrogen (secondary N) is 1. The molecule has 84 valence electrons. The van der Waals surface area contributed by atoms with Crippen molar-refractivity contribution >= 4 is 38.6 Å². The van der Waals surface area contributed by atoms with Gasteiger partial charge in [0.1, 0.15) is 10.8 Å². The summed E-state index contributed by atoms with van der Waals surface area (Å²) in [5, 5.41) is 1.55. The summed E-state index contributed by atoms with van der Waals surface area (Å²) in [4.78, 5) is 11.5. The van der Waals surface area contributed by atoms with Crippen molar-refractivity contribution in [2.24, 2.45) is 0 Å². The van der Waals surface area contributed by atoms with Gasteiger partial charge in [-0.1, -0.05) is 11.6 Å². The first-order valence-electron chi connectivity index (χ1n) is 4.98. The van der Waals surface area contributed by atoms with E-state index in [0.717, 1.165) is 26.6 Å². The van der Waals surface area contributed by atoms with Gasteiger partial charge < -0.3 is 4.98 Å². The second kappa shape index (κ2) is 4.13. The molecule has 1 N–H and O–H groups in total. The Morgan fingerprint density at radius 3 is 2.82 bits per heavy atom. The van der Waals surface area contributed by atoms with Crippen LogP contribution >= 0.6 is 27.5 Å². The van der Waals surface area contributed by atoms with Gasteiger partial charge in [-0.25, -0.2) is 9.97 Å². The summed E-state index contributed by atoms with van der Waals surface area (Å²) in [6.07, 6.45) is 5.45. The molecule has 0 aliphatic rings. The van der Waals surface area contributed by atoms with Crippen molar-refractivity contribution < 1.29 is 0 Å². The number of halogens is 2. The maximum absolute atomic E-state index is 5.78. The molecule has 0 bridgehead atoms. The molecule has 0 saturated heterocycles. The van der Waals surface area contributed by atoms with Gasteiger partial charge in [0, 0.05) is 39.6 Å². The van der Waals surface area contributed by atoms with Crippen molar-refractivity contribution in [1.29, 1.82) is 0 Å². The molecule has 3 heterocycles. The van der Waals surface area contributed by atoms with Gasteiger partial charge in [0.25, 0.3) is 0 Å². The Bertz CT molecular complexity index is 676. The minimum Gasteiger partial charge on any atom is -0.346 e. The van der Waals surface area contributed by atoms with Gasteiger partial charge in [0.15, 0.2) is 0 Å². The smallest absolute Gasteiger partial charge is 0.137 e. The van der Waals surface area contributed by atoms with Crippen LogP contribution in [0.5, 0.6) is 0 Å². The minimum absolute atomic E-state index is 0.493. The van der Waals surface area contributed by atoms with Gasteiger partial charge in [0.05, 0.1) is 0 Å². The zero-order chi connectivity index (χ0) is 11.8. The van der Waals surface area contributed by atoms with Crippen LogP contribution in [-0.2, 0) is 0 Å². The minimum atomic E-state index is 0.493. The number of hydrogen-bond donors (Lipinski definition) is 1. The van der Waals surface area contributed by atoms with Crippen LogP contribution in [0.4, 0.5) is 0 Å². The standard InChI is InChI=1S/C12H7BrClN3/c13-8-3-9-10(6-17-12(9)16-5-8)7-1-2-11(14)15-4-7/h1-6H,(H,16,17). The van der Waals surface area contributed by atoms with Gasteiger partial charge in [-0.15, -0.1) is 0 Å². The van der Waals surface area contributed by atoms with E-state index in [1.807, 2.05) is 18.3 Å². The normalized spacial score (nSPS) is 10.9. The fraction of sp³-hybridized carbons (Fsp3) is 0. The summed E-state index contributed by atoms with van der Waals surface area (Å²) < 4.78 is 0.952. The van der Waals surface area contributed by atoms with Crippen LogP contribution in [0.1, 0.15) is 0 Å². The van der Waals surface area contributed by atoms with Gasteiger partial charge in [0.2, 0.25) is 0 Å². The van der Waals surface area contributed by atoms with E-state index < -0.39 is 0 Å². The highest BCUT2D eigenvalue weighted by atomic mass is 79.9. The van der Waals surface area contributed by atoms with Crippen molar-refractivity contribution in [3.63, 3.8) is 0 Å². The molecule has 0 saturated carbocycles. The number of fused-ring (bicyclic) bond motifs is 1. The Hall–Kier alpha value is -1.39. The third-order valence-electron chi connectivity index (χ3n) is 2.54. The van der Waals surface area contributed by atoms with Crippen LogP contribution in [0.3, 0.4) is 0 Å². The van der Waals surface area contributed by atoms with Crippen molar-refractivity contribution in [1.82, 2.24) is 15.0 Å². The lowest BCUT2D eigenvalue weighted by molar-refractivity contribution is 1.31. The van der Waals surface area contributed by atoms with Gasteiger partial charge in [-0.05, 0) is 34.1 Å². The predicted octanol–water partition coefficient (Wildman–Crippen LogP) is 4.04. The quantitative estimate of drug-likeness (QED) is 0.689. The van der Waals surface area contributed by atoms with Gasteiger partial charge in [-0.2, -0.15) is 0 Å². The summed E-state index contributed by atoms with van der Waals surface area (Å²) >= 11 is 9.20. The zero-order valence-electron chi connectivity index (χ0n) is 8.61. The third-order valence-corrected chi connectivity index (χ3v) is 3.19. The Balaban J connectivity index is 2.23. The molecule has 0 aromatic carbocycles. The largest absolute Gasteiger partial charge is 0.346 e. The van der Waals surface area contributed by atoms with E-state index >= 15 is 0 Å². The van der Waals surface area contributed by atoms with Crippen LogP contribution in [-0.4, -0.2) is 15.0 Å². The maximum Gasteiger partial charge on any atom is 0.137 e. The Labute approximate surface area is 111 Å². The first-order valence-corrected chi connectivity index (χ1v) is 6.16. The summed E-state index contributed by atoms with van der Waals surface area (Å²) in [5.74, 6) is 0. The Morgan fingerprint density at radius 2 is 2.06 bits per heavy atom. The van der Waals surface area contributed by atoms with E-state index in [-0.39, 0.29) is 0 Å². The highest BCUT2D eigenvalue weighted by Crippen LogP contribution is 2.29. The molecular weight excluding hydrogens is 302 g/mol. The number of aromatic nitrogens is 3. The Kier molecular flexibility index (Phi) is 2.61. The molecule has 0 fully saturated rings. The average Bonchev–Trinajstić information content (AvgIpc) is 2.73. The van der Waals surface area contributed by atoms with Gasteiger partial charge >= 0.3 is 0 Å². The molecule has 0 radical (unpaired) electrons. The third kappa shape index (κ3) is 1.94. The molecule has 0 aliphatic heterocycles. The molecule has 17 heavy (non-hydrogen) atoms. The van der Waals surface area contributed by atoms with E-state index in [4.69, 9.17) is 11.6 Å². The summed E-state index contributed by atoms with van der Waals surface area (Å²) in [6, 6.07) is 5.75. The SMILES string of the molecule is Clc1ccc(-c2c[nH]c3ncc(Br)cc23)cn1. The topological polar surface area (TPSA) is 41.6 Å². The van der Waals surface area contributed by atoms with Crippen molar-refractivity contribution in [2.75, 3.05) is 0 Å². The molecule has 3 aromatic heterocycles. The second-order valence-electron chi connectivity index (χ2n) is 3.62. The first kappa shape index (κ1) is 10.7. The van der Waals surface area contributed by atoms with Crippen LogP contribution in [0.25, 0.3) is 22.2 Å². The predicted molar refractivity (Wildman–Crippen MR) is 72.0 cm³/mol. The first-order chi connectivity index (χ1) is 8.24. The molecular formula is C12H7BrClN3. The van der Waals surface area contributed by atoms with Crippen LogP contribution in [0.2, 0.25) is 5.15 Å². The molecule has 0 atom stereocenters. The zero-order valence-corrected chi connectivity index (χ0v) is 11.0. The summed E-state index contributed by atoms with van der Waals surface area (Å²) in [7, 11) is 0. The highest BCUT2D eigenvalue weighted by molar-refractivity contribution is 9.10. The number of pyridine rings is 2.